The number of sulfonamides is 1. The van der Waals surface area contributed by atoms with Crippen LogP contribution in [0.4, 0.5) is 10.1 Å². The molecule has 0 bridgehead atoms. The summed E-state index contributed by atoms with van der Waals surface area (Å²) in [4.78, 5) is -0.0258. The van der Waals surface area contributed by atoms with Crippen LogP contribution in [0.15, 0.2) is 59.5 Å². The second-order valence-electron chi connectivity index (χ2n) is 4.40. The van der Waals surface area contributed by atoms with Crippen LogP contribution in [0.25, 0.3) is 0 Å². The van der Waals surface area contributed by atoms with Crippen molar-refractivity contribution in [2.24, 2.45) is 0 Å². The Balaban J connectivity index is 2.46. The molecule has 2 aromatic rings. The van der Waals surface area contributed by atoms with Crippen molar-refractivity contribution in [2.75, 3.05) is 5.32 Å². The minimum absolute atomic E-state index is 0.0258. The highest BCUT2D eigenvalue weighted by atomic mass is 35.6. The molecule has 0 saturated heterocycles. The first-order valence-electron chi connectivity index (χ1n) is 6.24. The minimum Gasteiger partial charge on any atom is -0.238 e. The van der Waals surface area contributed by atoms with Crippen LogP contribution in [-0.4, -0.2) is 18.0 Å². The Kier molecular flexibility index (Phi) is 5.52. The smallest absolute Gasteiger partial charge is 0.238 e. The lowest BCUT2D eigenvalue weighted by Crippen LogP contribution is -2.80. The summed E-state index contributed by atoms with van der Waals surface area (Å²) in [6, 6.07) is 13.1. The number of benzene rings is 2. The van der Waals surface area contributed by atoms with Gasteiger partial charge >= 0.3 is 15.9 Å². The van der Waals surface area contributed by atoms with E-state index in [2.05, 4.69) is 9.71 Å². The maximum absolute atomic E-state index is 13.7. The van der Waals surface area contributed by atoms with Crippen molar-refractivity contribution in [3.8, 4) is 0 Å². The molecule has 0 aliphatic rings. The van der Waals surface area contributed by atoms with Gasteiger partial charge in [-0.1, -0.05) is 65.1 Å². The molecule has 2 rings (SSSR count). The largest absolute Gasteiger partial charge is 0.328 e. The molecule has 0 spiro atoms. The van der Waals surface area contributed by atoms with E-state index in [1.54, 1.807) is 24.3 Å². The zero-order valence-corrected chi connectivity index (χ0v) is 14.5. The Morgan fingerprint density at radius 1 is 1.00 bits per heavy atom. The molecule has 23 heavy (non-hydrogen) atoms. The summed E-state index contributed by atoms with van der Waals surface area (Å²) >= 11 is 17.3. The van der Waals surface area contributed by atoms with Gasteiger partial charge in [0.25, 0.3) is 3.79 Å². The van der Waals surface area contributed by atoms with Crippen LogP contribution in [0.2, 0.25) is 0 Å². The van der Waals surface area contributed by atoms with Crippen LogP contribution in [0, 0.1) is 5.82 Å². The van der Waals surface area contributed by atoms with Crippen LogP contribution in [0.3, 0.4) is 0 Å². The fourth-order valence-corrected chi connectivity index (χ4v) is 3.20. The van der Waals surface area contributed by atoms with Gasteiger partial charge in [0.15, 0.2) is 11.5 Å². The molecule has 0 aliphatic carbocycles. The van der Waals surface area contributed by atoms with Gasteiger partial charge in [0.1, 0.15) is 4.90 Å². The van der Waals surface area contributed by atoms with E-state index < -0.39 is 25.5 Å². The predicted molar refractivity (Wildman–Crippen MR) is 89.9 cm³/mol. The van der Waals surface area contributed by atoms with Gasteiger partial charge < -0.3 is 0 Å². The third-order valence-electron chi connectivity index (χ3n) is 2.71. The normalized spacial score (nSPS) is 13.0. The van der Waals surface area contributed by atoms with E-state index in [4.69, 9.17) is 34.8 Å². The van der Waals surface area contributed by atoms with Gasteiger partial charge in [-0.05, 0) is 24.3 Å². The molecule has 9 heteroatoms. The number of para-hydroxylation sites is 1. The summed E-state index contributed by atoms with van der Waals surface area (Å²) in [5.41, 5.74) is -0.0374. The average molecular weight is 397 g/mol. The lowest BCUT2D eigenvalue weighted by atomic mass is 10.3. The molecule has 0 amide bonds. The first kappa shape index (κ1) is 18.0. The Hall–Kier alpha value is -1.34. The van der Waals surface area contributed by atoms with Crippen molar-refractivity contribution in [3.05, 3.63) is 60.4 Å². The molecule has 2 aromatic carbocycles. The molecule has 0 atom stereocenters. The maximum Gasteiger partial charge on any atom is 0.328 e. The number of halogens is 4. The summed E-state index contributed by atoms with van der Waals surface area (Å²) in [5, 5.41) is 2.47. The van der Waals surface area contributed by atoms with E-state index >= 15 is 0 Å². The summed E-state index contributed by atoms with van der Waals surface area (Å²) in [6.45, 7) is 0. The van der Waals surface area contributed by atoms with Crippen LogP contribution in [-0.2, 0) is 10.0 Å². The average Bonchev–Trinajstić information content (AvgIpc) is 2.48. The molecule has 2 N–H and O–H groups in total. The lowest BCUT2D eigenvalue weighted by Gasteiger charge is -2.11. The van der Waals surface area contributed by atoms with E-state index in [1.807, 2.05) is 0 Å². The van der Waals surface area contributed by atoms with E-state index in [0.29, 0.717) is 0 Å². The summed E-state index contributed by atoms with van der Waals surface area (Å²) in [7, 11) is -4.00. The first-order valence-corrected chi connectivity index (χ1v) is 8.85. The monoisotopic (exact) mass is 395 g/mol. The number of hydrogen-bond donors (Lipinski definition) is 2. The third kappa shape index (κ3) is 4.81. The molecular formula is C14H11Cl3FN2O2S+. The third-order valence-corrected chi connectivity index (χ3v) is 4.64. The molecule has 0 aromatic heterocycles. The van der Waals surface area contributed by atoms with E-state index in [-0.39, 0.29) is 10.6 Å². The summed E-state index contributed by atoms with van der Waals surface area (Å²) in [5.74, 6) is -1.03. The highest BCUT2D eigenvalue weighted by Crippen LogP contribution is 2.27. The van der Waals surface area contributed by atoms with Gasteiger partial charge in [-0.2, -0.15) is 12.8 Å². The van der Waals surface area contributed by atoms with Crippen molar-refractivity contribution in [1.82, 2.24) is 0 Å². The summed E-state index contributed by atoms with van der Waals surface area (Å²) in [6.07, 6.45) is 0. The molecule has 0 unspecified atom stereocenters. The predicted octanol–water partition coefficient (Wildman–Crippen LogP) is 2.48. The van der Waals surface area contributed by atoms with Gasteiger partial charge in [0.05, 0.1) is 0 Å². The fraction of sp³-hybridized carbons (Fsp3) is 0.0714. The van der Waals surface area contributed by atoms with Crippen LogP contribution >= 0.6 is 34.8 Å². The van der Waals surface area contributed by atoms with Gasteiger partial charge in [-0.15, -0.1) is 0 Å². The molecule has 0 fully saturated rings. The second-order valence-corrected chi connectivity index (χ2v) is 8.36. The van der Waals surface area contributed by atoms with Crippen LogP contribution in [0.1, 0.15) is 0 Å². The number of anilines is 1. The number of nitrogens with one attached hydrogen (secondary N) is 2. The van der Waals surface area contributed by atoms with Crippen molar-refractivity contribution in [1.29, 1.82) is 0 Å². The molecule has 0 aliphatic heterocycles. The van der Waals surface area contributed by atoms with Crippen LogP contribution < -0.4 is 9.71 Å². The lowest BCUT2D eigenvalue weighted by molar-refractivity contribution is -0.268. The van der Waals surface area contributed by atoms with Crippen molar-refractivity contribution in [2.45, 2.75) is 8.69 Å². The molecule has 0 saturated carbocycles. The topological polar surface area (TPSA) is 60.1 Å². The SMILES string of the molecule is O=S(=O)([NH+]=C(Nc1ccccc1F)C(Cl)(Cl)Cl)c1ccccc1. The molecule has 0 heterocycles. The van der Waals surface area contributed by atoms with Gasteiger partial charge in [0.2, 0.25) is 0 Å². The van der Waals surface area contributed by atoms with Gasteiger partial charge in [-0.3, -0.25) is 0 Å². The molecule has 4 nitrogen and oxygen atoms in total. The number of rotatable bonds is 3. The minimum atomic E-state index is -4.00. The maximum atomic E-state index is 13.7. The highest BCUT2D eigenvalue weighted by molar-refractivity contribution is 7.84. The number of amidine groups is 1. The molecule has 122 valence electrons. The Morgan fingerprint density at radius 2 is 1.57 bits per heavy atom. The molecule has 0 radical (unpaired) electrons. The Morgan fingerprint density at radius 3 is 2.13 bits per heavy atom. The van der Waals surface area contributed by atoms with E-state index in [1.165, 1.54) is 30.3 Å². The van der Waals surface area contributed by atoms with Crippen molar-refractivity contribution < 1.29 is 17.2 Å². The number of hydrogen-bond acceptors (Lipinski definition) is 2. The van der Waals surface area contributed by atoms with Crippen molar-refractivity contribution >= 4 is 56.3 Å². The zero-order chi connectivity index (χ0) is 17.1. The zero-order valence-electron chi connectivity index (χ0n) is 11.4. The van der Waals surface area contributed by atoms with Gasteiger partial charge in [0, 0.05) is 0 Å². The van der Waals surface area contributed by atoms with Gasteiger partial charge in [-0.25, -0.2) is 9.71 Å². The van der Waals surface area contributed by atoms with Crippen molar-refractivity contribution in [3.63, 3.8) is 0 Å². The van der Waals surface area contributed by atoms with E-state index in [0.717, 1.165) is 0 Å². The highest BCUT2D eigenvalue weighted by Gasteiger charge is 2.37. The Labute approximate surface area is 147 Å². The second kappa shape index (κ2) is 7.05. The quantitative estimate of drug-likeness (QED) is 0.476. The molecular weight excluding hydrogens is 386 g/mol. The summed E-state index contributed by atoms with van der Waals surface area (Å²) < 4.78 is 38.4. The first-order chi connectivity index (χ1) is 10.7. The number of alkyl halides is 3. The fourth-order valence-electron chi connectivity index (χ4n) is 1.64. The van der Waals surface area contributed by atoms with Crippen LogP contribution in [0.5, 0.6) is 0 Å². The van der Waals surface area contributed by atoms with E-state index in [9.17, 15) is 12.8 Å². The Bertz CT molecular complexity index is 821. The standard InChI is InChI=1S/C14H10Cl3FN2O2S/c15-14(16,17)13(19-12-9-5-4-8-11(12)18)20-23(21,22)10-6-2-1-3-7-10/h1-9H,(H,19,20)/p+1.